The van der Waals surface area contributed by atoms with Gasteiger partial charge in [-0.25, -0.2) is 0 Å². The summed E-state index contributed by atoms with van der Waals surface area (Å²) in [6.45, 7) is 11.8. The first-order chi connectivity index (χ1) is 9.39. The van der Waals surface area contributed by atoms with Gasteiger partial charge >= 0.3 is 0 Å². The summed E-state index contributed by atoms with van der Waals surface area (Å²) >= 11 is 0. The van der Waals surface area contributed by atoms with Gasteiger partial charge in [-0.15, -0.1) is 0 Å². The SMILES string of the molecule is CCCC1CCC(O)C(CN2CC(C)OC(C)(C)C2)C1. The van der Waals surface area contributed by atoms with E-state index < -0.39 is 0 Å². The summed E-state index contributed by atoms with van der Waals surface area (Å²) in [5, 5.41) is 10.3. The van der Waals surface area contributed by atoms with E-state index >= 15 is 0 Å². The lowest BCUT2D eigenvalue weighted by Gasteiger charge is -2.44. The molecular weight excluding hydrogens is 250 g/mol. The van der Waals surface area contributed by atoms with Crippen molar-refractivity contribution in [1.82, 2.24) is 4.90 Å². The minimum atomic E-state index is -0.0932. The Morgan fingerprint density at radius 1 is 1.30 bits per heavy atom. The Labute approximate surface area is 124 Å². The van der Waals surface area contributed by atoms with Gasteiger partial charge < -0.3 is 9.84 Å². The highest BCUT2D eigenvalue weighted by atomic mass is 16.5. The number of hydrogen-bond donors (Lipinski definition) is 1. The van der Waals surface area contributed by atoms with Gasteiger partial charge in [-0.05, 0) is 51.9 Å². The van der Waals surface area contributed by atoms with Crippen LogP contribution in [-0.4, -0.2) is 47.4 Å². The number of hydrogen-bond acceptors (Lipinski definition) is 3. The molecule has 0 amide bonds. The third-order valence-corrected chi connectivity index (χ3v) is 4.88. The van der Waals surface area contributed by atoms with Crippen LogP contribution in [0.25, 0.3) is 0 Å². The van der Waals surface area contributed by atoms with Gasteiger partial charge in [-0.1, -0.05) is 19.8 Å². The Balaban J connectivity index is 1.90. The van der Waals surface area contributed by atoms with E-state index in [1.54, 1.807) is 0 Å². The van der Waals surface area contributed by atoms with Crippen molar-refractivity contribution in [3.63, 3.8) is 0 Å². The van der Waals surface area contributed by atoms with Crippen molar-refractivity contribution < 1.29 is 9.84 Å². The standard InChI is InChI=1S/C17H33NO2/c1-5-6-14-7-8-16(19)15(9-14)11-18-10-13(2)20-17(3,4)12-18/h13-16,19H,5-12H2,1-4H3. The Kier molecular flexibility index (Phi) is 5.49. The first-order valence-electron chi connectivity index (χ1n) is 8.48. The smallest absolute Gasteiger partial charge is 0.0757 e. The number of ether oxygens (including phenoxy) is 1. The summed E-state index contributed by atoms with van der Waals surface area (Å²) in [5.74, 6) is 1.29. The van der Waals surface area contributed by atoms with E-state index in [1.165, 1.54) is 25.7 Å². The molecule has 1 N–H and O–H groups in total. The van der Waals surface area contributed by atoms with Crippen molar-refractivity contribution in [3.8, 4) is 0 Å². The Hall–Kier alpha value is -0.120. The minimum absolute atomic E-state index is 0.0555. The summed E-state index contributed by atoms with van der Waals surface area (Å²) in [5.41, 5.74) is -0.0555. The van der Waals surface area contributed by atoms with Crippen LogP contribution in [0.1, 0.15) is 59.8 Å². The normalized spacial score (nSPS) is 38.9. The van der Waals surface area contributed by atoms with Crippen LogP contribution in [0.3, 0.4) is 0 Å². The van der Waals surface area contributed by atoms with E-state index in [4.69, 9.17) is 4.74 Å². The summed E-state index contributed by atoms with van der Waals surface area (Å²) in [6.07, 6.45) is 6.23. The van der Waals surface area contributed by atoms with E-state index in [2.05, 4.69) is 32.6 Å². The lowest BCUT2D eigenvalue weighted by Crippen LogP contribution is -2.54. The average molecular weight is 283 g/mol. The number of nitrogens with zero attached hydrogens (tertiary/aromatic N) is 1. The molecule has 0 radical (unpaired) electrons. The Bertz CT molecular complexity index is 305. The van der Waals surface area contributed by atoms with Crippen molar-refractivity contribution in [3.05, 3.63) is 0 Å². The summed E-state index contributed by atoms with van der Waals surface area (Å²) < 4.78 is 5.98. The molecule has 1 aliphatic carbocycles. The molecule has 2 aliphatic rings. The largest absolute Gasteiger partial charge is 0.393 e. The van der Waals surface area contributed by atoms with E-state index in [-0.39, 0.29) is 11.7 Å². The second-order valence-corrected chi connectivity index (χ2v) is 7.68. The summed E-state index contributed by atoms with van der Waals surface area (Å²) in [4.78, 5) is 2.51. The summed E-state index contributed by atoms with van der Waals surface area (Å²) in [6, 6.07) is 0. The van der Waals surface area contributed by atoms with Crippen molar-refractivity contribution in [2.75, 3.05) is 19.6 Å². The lowest BCUT2D eigenvalue weighted by atomic mass is 9.77. The zero-order valence-corrected chi connectivity index (χ0v) is 13.8. The molecule has 1 saturated heterocycles. The fourth-order valence-electron chi connectivity index (χ4n) is 4.27. The lowest BCUT2D eigenvalue weighted by molar-refractivity contribution is -0.135. The van der Waals surface area contributed by atoms with E-state index in [1.807, 2.05) is 0 Å². The van der Waals surface area contributed by atoms with Crippen molar-refractivity contribution in [1.29, 1.82) is 0 Å². The number of rotatable bonds is 4. The molecule has 1 saturated carbocycles. The summed E-state index contributed by atoms with van der Waals surface area (Å²) in [7, 11) is 0. The maximum Gasteiger partial charge on any atom is 0.0757 e. The molecule has 1 aliphatic heterocycles. The molecule has 2 fully saturated rings. The maximum atomic E-state index is 10.3. The average Bonchev–Trinajstić information content (AvgIpc) is 2.31. The van der Waals surface area contributed by atoms with E-state index in [9.17, 15) is 5.11 Å². The molecule has 0 aromatic rings. The van der Waals surface area contributed by atoms with Crippen molar-refractivity contribution >= 4 is 0 Å². The zero-order chi connectivity index (χ0) is 14.8. The van der Waals surface area contributed by atoms with Crippen LogP contribution in [0, 0.1) is 11.8 Å². The molecule has 4 atom stereocenters. The molecule has 4 unspecified atom stereocenters. The van der Waals surface area contributed by atoms with Gasteiger partial charge in [0.1, 0.15) is 0 Å². The van der Waals surface area contributed by atoms with Crippen molar-refractivity contribution in [2.45, 2.75) is 77.6 Å². The van der Waals surface area contributed by atoms with Crippen molar-refractivity contribution in [2.24, 2.45) is 11.8 Å². The highest BCUT2D eigenvalue weighted by Gasteiger charge is 2.35. The van der Waals surface area contributed by atoms with Crippen LogP contribution >= 0.6 is 0 Å². The highest BCUT2D eigenvalue weighted by Crippen LogP contribution is 2.33. The van der Waals surface area contributed by atoms with Gasteiger partial charge in [0.05, 0.1) is 17.8 Å². The molecule has 2 rings (SSSR count). The number of aliphatic hydroxyl groups excluding tert-OH is 1. The third kappa shape index (κ3) is 4.44. The van der Waals surface area contributed by atoms with Crippen LogP contribution in [-0.2, 0) is 4.74 Å². The first kappa shape index (κ1) is 16.3. The van der Waals surface area contributed by atoms with Gasteiger partial charge in [-0.3, -0.25) is 4.90 Å². The Morgan fingerprint density at radius 3 is 2.70 bits per heavy atom. The van der Waals surface area contributed by atoms with E-state index in [0.29, 0.717) is 12.0 Å². The maximum absolute atomic E-state index is 10.3. The van der Waals surface area contributed by atoms with Gasteiger partial charge in [0.25, 0.3) is 0 Å². The molecule has 0 aromatic carbocycles. The monoisotopic (exact) mass is 283 g/mol. The second kappa shape index (κ2) is 6.76. The van der Waals surface area contributed by atoms with Gasteiger partial charge in [0, 0.05) is 19.6 Å². The molecule has 20 heavy (non-hydrogen) atoms. The molecule has 0 spiro atoms. The van der Waals surface area contributed by atoms with Crippen LogP contribution in [0.5, 0.6) is 0 Å². The number of aliphatic hydroxyl groups is 1. The molecule has 1 heterocycles. The molecule has 118 valence electrons. The molecule has 3 heteroatoms. The molecular formula is C17H33NO2. The second-order valence-electron chi connectivity index (χ2n) is 7.68. The predicted octanol–water partition coefficient (Wildman–Crippen LogP) is 3.06. The minimum Gasteiger partial charge on any atom is -0.393 e. The predicted molar refractivity (Wildman–Crippen MR) is 82.8 cm³/mol. The van der Waals surface area contributed by atoms with Gasteiger partial charge in [0.2, 0.25) is 0 Å². The fraction of sp³-hybridized carbons (Fsp3) is 1.00. The zero-order valence-electron chi connectivity index (χ0n) is 13.8. The highest BCUT2D eigenvalue weighted by molar-refractivity contribution is 4.87. The van der Waals surface area contributed by atoms with Crippen LogP contribution in [0.15, 0.2) is 0 Å². The van der Waals surface area contributed by atoms with Gasteiger partial charge in [-0.2, -0.15) is 0 Å². The fourth-order valence-corrected chi connectivity index (χ4v) is 4.27. The van der Waals surface area contributed by atoms with Crippen LogP contribution < -0.4 is 0 Å². The first-order valence-corrected chi connectivity index (χ1v) is 8.48. The Morgan fingerprint density at radius 2 is 2.05 bits per heavy atom. The molecule has 0 aromatic heterocycles. The van der Waals surface area contributed by atoms with Gasteiger partial charge in [0.15, 0.2) is 0 Å². The molecule has 0 bridgehead atoms. The van der Waals surface area contributed by atoms with E-state index in [0.717, 1.165) is 32.0 Å². The molecule has 3 nitrogen and oxygen atoms in total. The van der Waals surface area contributed by atoms with Crippen LogP contribution in [0.4, 0.5) is 0 Å². The quantitative estimate of drug-likeness (QED) is 0.860. The van der Waals surface area contributed by atoms with Crippen LogP contribution in [0.2, 0.25) is 0 Å². The number of morpholine rings is 1. The topological polar surface area (TPSA) is 32.7 Å². The third-order valence-electron chi connectivity index (χ3n) is 4.88.